The highest BCUT2D eigenvalue weighted by atomic mass is 32.2. The zero-order valence-electron chi connectivity index (χ0n) is 19.2. The van der Waals surface area contributed by atoms with E-state index >= 15 is 0 Å². The number of carbonyl (C=O) groups excluding carboxylic acids is 1. The van der Waals surface area contributed by atoms with Gasteiger partial charge in [-0.1, -0.05) is 44.2 Å². The Balaban J connectivity index is 2.03. The predicted octanol–water partition coefficient (Wildman–Crippen LogP) is 3.22. The number of ether oxygens (including phenoxy) is 1. The summed E-state index contributed by atoms with van der Waals surface area (Å²) in [7, 11) is -3.68. The first-order chi connectivity index (χ1) is 15.4. The van der Waals surface area contributed by atoms with Crippen molar-refractivity contribution in [1.82, 2.24) is 9.21 Å². The molecule has 3 rings (SSSR count). The number of amides is 1. The van der Waals surface area contributed by atoms with E-state index < -0.39 is 10.0 Å². The van der Waals surface area contributed by atoms with Crippen LogP contribution in [0.1, 0.15) is 36.7 Å². The van der Waals surface area contributed by atoms with Crippen molar-refractivity contribution in [2.75, 3.05) is 50.8 Å². The normalized spacial score (nSPS) is 14.6. The second kappa shape index (κ2) is 10.9. The summed E-state index contributed by atoms with van der Waals surface area (Å²) in [4.78, 5) is 17.7. The fraction of sp³-hybridized carbons (Fsp3) is 0.458. The number of hydrogen-bond acceptors (Lipinski definition) is 5. The van der Waals surface area contributed by atoms with E-state index in [1.54, 1.807) is 23.1 Å². The summed E-state index contributed by atoms with van der Waals surface area (Å²) in [6.45, 7) is 9.77. The second-order valence-corrected chi connectivity index (χ2v) is 9.61. The first-order valence-corrected chi connectivity index (χ1v) is 12.7. The molecule has 0 aliphatic carbocycles. The van der Waals surface area contributed by atoms with Gasteiger partial charge in [-0.05, 0) is 30.7 Å². The maximum absolute atomic E-state index is 13.7. The molecule has 0 spiro atoms. The largest absolute Gasteiger partial charge is 0.378 e. The summed E-state index contributed by atoms with van der Waals surface area (Å²) in [6.07, 6.45) is 0. The van der Waals surface area contributed by atoms with Gasteiger partial charge in [0.15, 0.2) is 0 Å². The van der Waals surface area contributed by atoms with Gasteiger partial charge in [0.05, 0.1) is 23.7 Å². The SMILES string of the molecule is CCN(Cc1ccccc1)C(=O)c1cc(S(=O)(=O)N(CC)CC)ccc1N1CCOCC1. The summed E-state index contributed by atoms with van der Waals surface area (Å²) in [5.74, 6) is -0.172. The highest BCUT2D eigenvalue weighted by molar-refractivity contribution is 7.89. The van der Waals surface area contributed by atoms with E-state index in [0.717, 1.165) is 11.3 Å². The van der Waals surface area contributed by atoms with Crippen molar-refractivity contribution in [1.29, 1.82) is 0 Å². The standard InChI is InChI=1S/C24H33N3O4S/c1-4-25(19-20-10-8-7-9-11-20)24(28)22-18-21(32(29,30)27(5-2)6-3)12-13-23(22)26-14-16-31-17-15-26/h7-13,18H,4-6,14-17,19H2,1-3H3. The molecular formula is C24H33N3O4S. The molecule has 0 atom stereocenters. The van der Waals surface area contributed by atoms with Gasteiger partial charge in [0, 0.05) is 45.0 Å². The number of benzene rings is 2. The van der Waals surface area contributed by atoms with Crippen molar-refractivity contribution in [2.45, 2.75) is 32.2 Å². The highest BCUT2D eigenvalue weighted by Crippen LogP contribution is 2.28. The lowest BCUT2D eigenvalue weighted by atomic mass is 10.1. The quantitative estimate of drug-likeness (QED) is 0.576. The Labute approximate surface area is 191 Å². The van der Waals surface area contributed by atoms with E-state index in [2.05, 4.69) is 4.90 Å². The third kappa shape index (κ3) is 5.31. The number of anilines is 1. The third-order valence-corrected chi connectivity index (χ3v) is 7.82. The molecule has 0 bridgehead atoms. The fourth-order valence-corrected chi connectivity index (χ4v) is 5.43. The Bertz CT molecular complexity index is 1000. The maximum Gasteiger partial charge on any atom is 0.256 e. The Morgan fingerprint density at radius 2 is 1.62 bits per heavy atom. The molecule has 2 aromatic carbocycles. The Kier molecular flexibility index (Phi) is 8.28. The lowest BCUT2D eigenvalue weighted by Crippen LogP contribution is -2.39. The second-order valence-electron chi connectivity index (χ2n) is 7.67. The van der Waals surface area contributed by atoms with Gasteiger partial charge in [-0.15, -0.1) is 0 Å². The molecule has 7 nitrogen and oxygen atoms in total. The van der Waals surface area contributed by atoms with E-state index in [1.807, 2.05) is 51.1 Å². The maximum atomic E-state index is 13.7. The van der Waals surface area contributed by atoms with Crippen molar-refractivity contribution in [3.63, 3.8) is 0 Å². The molecule has 32 heavy (non-hydrogen) atoms. The molecule has 1 aliphatic rings. The molecule has 1 heterocycles. The van der Waals surface area contributed by atoms with Crippen LogP contribution in [0.2, 0.25) is 0 Å². The van der Waals surface area contributed by atoms with E-state index in [0.29, 0.717) is 58.0 Å². The average molecular weight is 460 g/mol. The molecule has 1 aliphatic heterocycles. The van der Waals surface area contributed by atoms with Gasteiger partial charge in [0.1, 0.15) is 0 Å². The van der Waals surface area contributed by atoms with Gasteiger partial charge in [0.2, 0.25) is 10.0 Å². The van der Waals surface area contributed by atoms with E-state index in [4.69, 9.17) is 4.74 Å². The highest BCUT2D eigenvalue weighted by Gasteiger charge is 2.27. The lowest BCUT2D eigenvalue weighted by molar-refractivity contribution is 0.0751. The molecule has 174 valence electrons. The van der Waals surface area contributed by atoms with Crippen LogP contribution in [0, 0.1) is 0 Å². The van der Waals surface area contributed by atoms with Gasteiger partial charge in [-0.3, -0.25) is 4.79 Å². The fourth-order valence-electron chi connectivity index (χ4n) is 3.94. The zero-order valence-corrected chi connectivity index (χ0v) is 20.0. The van der Waals surface area contributed by atoms with Gasteiger partial charge in [-0.2, -0.15) is 4.31 Å². The number of hydrogen-bond donors (Lipinski definition) is 0. The van der Waals surface area contributed by atoms with Crippen LogP contribution in [0.15, 0.2) is 53.4 Å². The predicted molar refractivity (Wildman–Crippen MR) is 126 cm³/mol. The summed E-state index contributed by atoms with van der Waals surface area (Å²) >= 11 is 0. The molecule has 2 aromatic rings. The molecule has 0 aromatic heterocycles. The smallest absolute Gasteiger partial charge is 0.256 e. The van der Waals surface area contributed by atoms with E-state index in [1.165, 1.54) is 4.31 Å². The number of nitrogens with zero attached hydrogens (tertiary/aromatic N) is 3. The average Bonchev–Trinajstić information content (AvgIpc) is 2.83. The van der Waals surface area contributed by atoms with Crippen molar-refractivity contribution >= 4 is 21.6 Å². The minimum Gasteiger partial charge on any atom is -0.378 e. The molecular weight excluding hydrogens is 426 g/mol. The van der Waals surface area contributed by atoms with Gasteiger partial charge < -0.3 is 14.5 Å². The van der Waals surface area contributed by atoms with Gasteiger partial charge in [-0.25, -0.2) is 8.42 Å². The van der Waals surface area contributed by atoms with Crippen LogP contribution in [-0.2, 0) is 21.3 Å². The molecule has 0 N–H and O–H groups in total. The number of sulfonamides is 1. The number of morpholine rings is 1. The van der Waals surface area contributed by atoms with Crippen LogP contribution in [0.5, 0.6) is 0 Å². The number of carbonyl (C=O) groups is 1. The molecule has 0 unspecified atom stereocenters. The topological polar surface area (TPSA) is 70.2 Å². The minimum atomic E-state index is -3.68. The molecule has 0 saturated carbocycles. The van der Waals surface area contributed by atoms with Crippen LogP contribution < -0.4 is 4.90 Å². The number of rotatable bonds is 9. The van der Waals surface area contributed by atoms with E-state index in [9.17, 15) is 13.2 Å². The van der Waals surface area contributed by atoms with Crippen LogP contribution >= 0.6 is 0 Å². The van der Waals surface area contributed by atoms with E-state index in [-0.39, 0.29) is 10.8 Å². The summed E-state index contributed by atoms with van der Waals surface area (Å²) in [5.41, 5.74) is 2.20. The van der Waals surface area contributed by atoms with Crippen molar-refractivity contribution < 1.29 is 17.9 Å². The minimum absolute atomic E-state index is 0.150. The summed E-state index contributed by atoms with van der Waals surface area (Å²) < 4.78 is 33.2. The van der Waals surface area contributed by atoms with Crippen molar-refractivity contribution in [2.24, 2.45) is 0 Å². The van der Waals surface area contributed by atoms with Crippen LogP contribution in [0.3, 0.4) is 0 Å². The third-order valence-electron chi connectivity index (χ3n) is 5.78. The zero-order chi connectivity index (χ0) is 23.1. The molecule has 0 radical (unpaired) electrons. The van der Waals surface area contributed by atoms with Crippen LogP contribution in [-0.4, -0.2) is 69.5 Å². The van der Waals surface area contributed by atoms with Gasteiger partial charge in [0.25, 0.3) is 5.91 Å². The van der Waals surface area contributed by atoms with Crippen LogP contribution in [0.4, 0.5) is 5.69 Å². The Hall–Kier alpha value is -2.42. The van der Waals surface area contributed by atoms with Crippen molar-refractivity contribution in [3.8, 4) is 0 Å². The monoisotopic (exact) mass is 459 g/mol. The summed E-state index contributed by atoms with van der Waals surface area (Å²) in [5, 5.41) is 0. The first-order valence-electron chi connectivity index (χ1n) is 11.2. The first kappa shape index (κ1) is 24.2. The molecule has 1 fully saturated rings. The van der Waals surface area contributed by atoms with Gasteiger partial charge >= 0.3 is 0 Å². The molecule has 8 heteroatoms. The summed E-state index contributed by atoms with van der Waals surface area (Å²) in [6, 6.07) is 14.7. The molecule has 1 amide bonds. The lowest BCUT2D eigenvalue weighted by Gasteiger charge is -2.32. The Morgan fingerprint density at radius 3 is 2.22 bits per heavy atom. The van der Waals surface area contributed by atoms with Crippen LogP contribution in [0.25, 0.3) is 0 Å². The Morgan fingerprint density at radius 1 is 0.969 bits per heavy atom. The molecule has 1 saturated heterocycles. The van der Waals surface area contributed by atoms with Crippen molar-refractivity contribution in [3.05, 3.63) is 59.7 Å².